The van der Waals surface area contributed by atoms with Crippen molar-refractivity contribution in [3.8, 4) is 0 Å². The number of pyridine rings is 1. The summed E-state index contributed by atoms with van der Waals surface area (Å²) >= 11 is 0. The fourth-order valence-corrected chi connectivity index (χ4v) is 2.19. The number of anilines is 1. The van der Waals surface area contributed by atoms with Gasteiger partial charge in [-0.1, -0.05) is 0 Å². The van der Waals surface area contributed by atoms with E-state index < -0.39 is 0 Å². The Morgan fingerprint density at radius 1 is 1.35 bits per heavy atom. The summed E-state index contributed by atoms with van der Waals surface area (Å²) in [6, 6.07) is 4.51. The van der Waals surface area contributed by atoms with Crippen molar-refractivity contribution in [1.82, 2.24) is 4.98 Å². The summed E-state index contributed by atoms with van der Waals surface area (Å²) in [5.41, 5.74) is 1.82. The van der Waals surface area contributed by atoms with E-state index in [1.165, 1.54) is 19.3 Å². The molecule has 1 saturated carbocycles. The molecular formula is C13H20N2O2. The summed E-state index contributed by atoms with van der Waals surface area (Å²) in [4.78, 5) is 6.43. The van der Waals surface area contributed by atoms with Crippen molar-refractivity contribution in [3.63, 3.8) is 0 Å². The van der Waals surface area contributed by atoms with Crippen molar-refractivity contribution in [2.75, 3.05) is 18.1 Å². The zero-order chi connectivity index (χ0) is 12.1. The maximum absolute atomic E-state index is 9.11. The molecule has 0 aromatic carbocycles. The van der Waals surface area contributed by atoms with Crippen LogP contribution in [-0.4, -0.2) is 34.4 Å². The molecule has 0 spiro atoms. The monoisotopic (exact) mass is 236 g/mol. The van der Waals surface area contributed by atoms with Crippen LogP contribution in [0.2, 0.25) is 0 Å². The largest absolute Gasteiger partial charge is 0.396 e. The van der Waals surface area contributed by atoms with Crippen LogP contribution in [0.3, 0.4) is 0 Å². The third-order valence-corrected chi connectivity index (χ3v) is 3.37. The zero-order valence-electron chi connectivity index (χ0n) is 10.0. The van der Waals surface area contributed by atoms with Crippen LogP contribution in [0.15, 0.2) is 18.3 Å². The standard InChI is InChI=1S/C13H20N2O2/c16-8-2-7-15(12-3-1-4-12)13-5-6-14-11(9-13)10-17/h5-6,9,12,16-17H,1-4,7-8,10H2. The lowest BCUT2D eigenvalue weighted by molar-refractivity contribution is 0.276. The third-order valence-electron chi connectivity index (χ3n) is 3.37. The van der Waals surface area contributed by atoms with Crippen LogP contribution in [0.1, 0.15) is 31.4 Å². The summed E-state index contributed by atoms with van der Waals surface area (Å²) in [6.45, 7) is 1.07. The van der Waals surface area contributed by atoms with Gasteiger partial charge in [0.15, 0.2) is 0 Å². The molecule has 0 radical (unpaired) electrons. The fraction of sp³-hybridized carbons (Fsp3) is 0.615. The molecule has 1 aromatic heterocycles. The van der Waals surface area contributed by atoms with Crippen LogP contribution in [-0.2, 0) is 6.61 Å². The van der Waals surface area contributed by atoms with Gasteiger partial charge in [0.2, 0.25) is 0 Å². The number of aliphatic hydroxyl groups excluding tert-OH is 2. The van der Waals surface area contributed by atoms with Gasteiger partial charge in [-0.3, -0.25) is 4.98 Å². The molecule has 1 aromatic rings. The van der Waals surface area contributed by atoms with Crippen molar-refractivity contribution in [1.29, 1.82) is 0 Å². The molecule has 2 N–H and O–H groups in total. The average Bonchev–Trinajstić information content (AvgIpc) is 2.32. The molecule has 1 heterocycles. The topological polar surface area (TPSA) is 56.6 Å². The van der Waals surface area contributed by atoms with E-state index in [2.05, 4.69) is 9.88 Å². The Kier molecular flexibility index (Phi) is 4.34. The second-order valence-electron chi connectivity index (χ2n) is 4.52. The SMILES string of the molecule is OCCCN(c1ccnc(CO)c1)C1CCC1. The van der Waals surface area contributed by atoms with Crippen LogP contribution >= 0.6 is 0 Å². The molecular weight excluding hydrogens is 216 g/mol. The lowest BCUT2D eigenvalue weighted by Crippen LogP contribution is -2.41. The van der Waals surface area contributed by atoms with Crippen LogP contribution in [0.5, 0.6) is 0 Å². The number of aliphatic hydroxyl groups is 2. The molecule has 1 fully saturated rings. The number of hydrogen-bond acceptors (Lipinski definition) is 4. The Balaban J connectivity index is 2.11. The Bertz CT molecular complexity index is 353. The minimum Gasteiger partial charge on any atom is -0.396 e. The van der Waals surface area contributed by atoms with Gasteiger partial charge in [-0.25, -0.2) is 0 Å². The molecule has 0 bridgehead atoms. The summed E-state index contributed by atoms with van der Waals surface area (Å²) in [5.74, 6) is 0. The van der Waals surface area contributed by atoms with E-state index in [1.807, 2.05) is 12.1 Å². The lowest BCUT2D eigenvalue weighted by atomic mass is 9.91. The van der Waals surface area contributed by atoms with Crippen LogP contribution in [0.25, 0.3) is 0 Å². The van der Waals surface area contributed by atoms with Gasteiger partial charge in [0, 0.05) is 31.1 Å². The molecule has 1 aliphatic carbocycles. The molecule has 0 aliphatic heterocycles. The summed E-state index contributed by atoms with van der Waals surface area (Å²) in [5, 5.41) is 18.1. The van der Waals surface area contributed by atoms with Gasteiger partial charge in [0.25, 0.3) is 0 Å². The first-order valence-electron chi connectivity index (χ1n) is 6.28. The van der Waals surface area contributed by atoms with Crippen molar-refractivity contribution < 1.29 is 10.2 Å². The minimum absolute atomic E-state index is 0.0215. The predicted molar refractivity (Wildman–Crippen MR) is 66.8 cm³/mol. The molecule has 0 unspecified atom stereocenters. The maximum Gasteiger partial charge on any atom is 0.0853 e. The molecule has 0 atom stereocenters. The third kappa shape index (κ3) is 2.96. The normalized spacial score (nSPS) is 15.6. The summed E-state index contributed by atoms with van der Waals surface area (Å²) < 4.78 is 0. The second kappa shape index (κ2) is 5.98. The van der Waals surface area contributed by atoms with E-state index in [1.54, 1.807) is 6.20 Å². The molecule has 1 aliphatic rings. The van der Waals surface area contributed by atoms with Crippen molar-refractivity contribution >= 4 is 5.69 Å². The van der Waals surface area contributed by atoms with Crippen LogP contribution < -0.4 is 4.90 Å². The van der Waals surface area contributed by atoms with Gasteiger partial charge in [-0.05, 0) is 37.8 Å². The van der Waals surface area contributed by atoms with Crippen LogP contribution in [0, 0.1) is 0 Å². The van der Waals surface area contributed by atoms with Gasteiger partial charge >= 0.3 is 0 Å². The fourth-order valence-electron chi connectivity index (χ4n) is 2.19. The zero-order valence-corrected chi connectivity index (χ0v) is 10.0. The van der Waals surface area contributed by atoms with E-state index in [0.29, 0.717) is 11.7 Å². The maximum atomic E-state index is 9.11. The molecule has 0 amide bonds. The van der Waals surface area contributed by atoms with E-state index in [-0.39, 0.29) is 13.2 Å². The number of hydrogen-bond donors (Lipinski definition) is 2. The van der Waals surface area contributed by atoms with Crippen molar-refractivity contribution in [2.45, 2.75) is 38.3 Å². The Morgan fingerprint density at radius 3 is 2.76 bits per heavy atom. The quantitative estimate of drug-likeness (QED) is 0.782. The number of aromatic nitrogens is 1. The second-order valence-corrected chi connectivity index (χ2v) is 4.52. The molecule has 4 heteroatoms. The van der Waals surface area contributed by atoms with Gasteiger partial charge in [0.05, 0.1) is 12.3 Å². The predicted octanol–water partition coefficient (Wildman–Crippen LogP) is 1.32. The molecule has 94 valence electrons. The summed E-state index contributed by atoms with van der Waals surface area (Å²) in [6.07, 6.45) is 6.27. The van der Waals surface area contributed by atoms with E-state index in [0.717, 1.165) is 18.7 Å². The highest BCUT2D eigenvalue weighted by Gasteiger charge is 2.24. The highest BCUT2D eigenvalue weighted by molar-refractivity contribution is 5.48. The average molecular weight is 236 g/mol. The lowest BCUT2D eigenvalue weighted by Gasteiger charge is -2.39. The highest BCUT2D eigenvalue weighted by atomic mass is 16.3. The minimum atomic E-state index is -0.0215. The van der Waals surface area contributed by atoms with Gasteiger partial charge in [-0.2, -0.15) is 0 Å². The molecule has 2 rings (SSSR count). The Morgan fingerprint density at radius 2 is 2.18 bits per heavy atom. The first-order chi connectivity index (χ1) is 8.35. The smallest absolute Gasteiger partial charge is 0.0853 e. The van der Waals surface area contributed by atoms with Crippen LogP contribution in [0.4, 0.5) is 5.69 Å². The van der Waals surface area contributed by atoms with Crippen molar-refractivity contribution in [2.24, 2.45) is 0 Å². The first kappa shape index (κ1) is 12.3. The Labute approximate surface area is 102 Å². The van der Waals surface area contributed by atoms with E-state index >= 15 is 0 Å². The summed E-state index contributed by atoms with van der Waals surface area (Å²) in [7, 11) is 0. The van der Waals surface area contributed by atoms with E-state index in [9.17, 15) is 0 Å². The number of nitrogens with zero attached hydrogens (tertiary/aromatic N) is 2. The molecule has 4 nitrogen and oxygen atoms in total. The van der Waals surface area contributed by atoms with Gasteiger partial charge < -0.3 is 15.1 Å². The van der Waals surface area contributed by atoms with E-state index in [4.69, 9.17) is 10.2 Å². The highest BCUT2D eigenvalue weighted by Crippen LogP contribution is 2.29. The molecule has 17 heavy (non-hydrogen) atoms. The first-order valence-corrected chi connectivity index (χ1v) is 6.28. The molecule has 0 saturated heterocycles. The van der Waals surface area contributed by atoms with Gasteiger partial charge in [0.1, 0.15) is 0 Å². The van der Waals surface area contributed by atoms with Gasteiger partial charge in [-0.15, -0.1) is 0 Å². The Hall–Kier alpha value is -1.13. The van der Waals surface area contributed by atoms with Crippen molar-refractivity contribution in [3.05, 3.63) is 24.0 Å². The number of rotatable bonds is 6.